The van der Waals surface area contributed by atoms with Gasteiger partial charge in [0.25, 0.3) is 0 Å². The highest BCUT2D eigenvalue weighted by Gasteiger charge is 2.39. The molecule has 1 aliphatic carbocycles. The van der Waals surface area contributed by atoms with Crippen molar-refractivity contribution in [3.63, 3.8) is 0 Å². The van der Waals surface area contributed by atoms with Gasteiger partial charge in [-0.3, -0.25) is 0 Å². The topological polar surface area (TPSA) is 15.3 Å². The molecule has 3 atom stereocenters. The average Bonchev–Trinajstić information content (AvgIpc) is 2.41. The van der Waals surface area contributed by atoms with Crippen molar-refractivity contribution in [3.8, 4) is 0 Å². The van der Waals surface area contributed by atoms with Crippen LogP contribution in [0.15, 0.2) is 0 Å². The van der Waals surface area contributed by atoms with E-state index in [-0.39, 0.29) is 0 Å². The smallest absolute Gasteiger partial charge is 0.0133 e. The number of hydrogen-bond acceptors (Lipinski definition) is 2. The van der Waals surface area contributed by atoms with Crippen LogP contribution in [0.3, 0.4) is 0 Å². The first-order valence-electron chi connectivity index (χ1n) is 4.66. The van der Waals surface area contributed by atoms with E-state index in [2.05, 4.69) is 24.3 Å². The van der Waals surface area contributed by atoms with Crippen LogP contribution in [0, 0.1) is 11.8 Å². The first kappa shape index (κ1) is 7.56. The molecule has 0 aromatic carbocycles. The lowest BCUT2D eigenvalue weighted by Crippen LogP contribution is -2.34. The number of hydrogen-bond donors (Lipinski definition) is 1. The number of fused-ring (bicyclic) bond motifs is 1. The first-order valence-corrected chi connectivity index (χ1v) is 4.66. The van der Waals surface area contributed by atoms with Gasteiger partial charge in [-0.15, -0.1) is 0 Å². The van der Waals surface area contributed by atoms with Gasteiger partial charge in [0.2, 0.25) is 0 Å². The summed E-state index contributed by atoms with van der Waals surface area (Å²) in [4.78, 5) is 2.40. The van der Waals surface area contributed by atoms with Crippen molar-refractivity contribution in [3.05, 3.63) is 0 Å². The lowest BCUT2D eigenvalue weighted by molar-refractivity contribution is 0.236. The van der Waals surface area contributed by atoms with E-state index in [0.29, 0.717) is 0 Å². The zero-order chi connectivity index (χ0) is 7.84. The maximum atomic E-state index is 3.48. The van der Waals surface area contributed by atoms with Gasteiger partial charge in [0.05, 0.1) is 0 Å². The highest BCUT2D eigenvalue weighted by atomic mass is 15.1. The molecule has 0 unspecified atom stereocenters. The maximum Gasteiger partial charge on any atom is 0.0133 e. The van der Waals surface area contributed by atoms with E-state index in [1.165, 1.54) is 25.9 Å². The molecule has 1 saturated heterocycles. The van der Waals surface area contributed by atoms with Gasteiger partial charge in [0.15, 0.2) is 0 Å². The van der Waals surface area contributed by atoms with Crippen LogP contribution < -0.4 is 5.32 Å². The second-order valence-electron chi connectivity index (χ2n) is 4.19. The van der Waals surface area contributed by atoms with Crippen molar-refractivity contribution in [1.82, 2.24) is 10.2 Å². The van der Waals surface area contributed by atoms with Crippen LogP contribution >= 0.6 is 0 Å². The zero-order valence-electron chi connectivity index (χ0n) is 7.51. The van der Waals surface area contributed by atoms with Crippen LogP contribution in [-0.2, 0) is 0 Å². The van der Waals surface area contributed by atoms with Gasteiger partial charge >= 0.3 is 0 Å². The molecule has 0 radical (unpaired) electrons. The third-order valence-electron chi connectivity index (χ3n) is 3.38. The summed E-state index contributed by atoms with van der Waals surface area (Å²) in [6, 6.07) is 0.856. The van der Waals surface area contributed by atoms with Gasteiger partial charge in [-0.05, 0) is 51.9 Å². The number of rotatable bonds is 1. The van der Waals surface area contributed by atoms with E-state index in [1.807, 2.05) is 0 Å². The zero-order valence-corrected chi connectivity index (χ0v) is 7.51. The third-order valence-corrected chi connectivity index (χ3v) is 3.38. The van der Waals surface area contributed by atoms with Gasteiger partial charge < -0.3 is 10.2 Å². The highest BCUT2D eigenvalue weighted by Crippen LogP contribution is 2.36. The van der Waals surface area contributed by atoms with Crippen LogP contribution in [0.2, 0.25) is 0 Å². The van der Waals surface area contributed by atoms with Gasteiger partial charge in [-0.2, -0.15) is 0 Å². The second kappa shape index (κ2) is 2.76. The quantitative estimate of drug-likeness (QED) is 0.593. The summed E-state index contributed by atoms with van der Waals surface area (Å²) < 4.78 is 0. The summed E-state index contributed by atoms with van der Waals surface area (Å²) in [5, 5.41) is 3.48. The van der Waals surface area contributed by atoms with Crippen LogP contribution in [0.4, 0.5) is 0 Å². The van der Waals surface area contributed by atoms with Gasteiger partial charge in [-0.1, -0.05) is 0 Å². The molecule has 2 fully saturated rings. The summed E-state index contributed by atoms with van der Waals surface area (Å²) in [5.41, 5.74) is 0. The normalized spacial score (nSPS) is 43.4. The minimum Gasteiger partial charge on any atom is -0.316 e. The molecule has 1 saturated carbocycles. The molecule has 0 bridgehead atoms. The van der Waals surface area contributed by atoms with Gasteiger partial charge in [0.1, 0.15) is 0 Å². The summed E-state index contributed by atoms with van der Waals surface area (Å²) in [5.74, 6) is 1.94. The van der Waals surface area contributed by atoms with Crippen molar-refractivity contribution >= 4 is 0 Å². The Kier molecular flexibility index (Phi) is 1.90. The molecule has 2 aliphatic rings. The Bertz CT molecular complexity index is 144. The molecule has 2 heteroatoms. The SMILES string of the molecule is CN(C)[C@@H]1CC[C@@H]2CNC[C@H]21. The fourth-order valence-corrected chi connectivity index (χ4v) is 2.76. The van der Waals surface area contributed by atoms with Crippen molar-refractivity contribution < 1.29 is 0 Å². The largest absolute Gasteiger partial charge is 0.316 e. The predicted octanol–water partition coefficient (Wildman–Crippen LogP) is 0.546. The average molecular weight is 154 g/mol. The van der Waals surface area contributed by atoms with Crippen molar-refractivity contribution in [1.29, 1.82) is 0 Å². The fourth-order valence-electron chi connectivity index (χ4n) is 2.76. The standard InChI is InChI=1S/C9H18N2/c1-11(2)9-4-3-7-5-10-6-8(7)9/h7-10H,3-6H2,1-2H3/t7-,8-,9-/m1/s1. The summed E-state index contributed by atoms with van der Waals surface area (Å²) in [7, 11) is 4.43. The molecular weight excluding hydrogens is 136 g/mol. The minimum absolute atomic E-state index is 0.856. The summed E-state index contributed by atoms with van der Waals surface area (Å²) in [6.07, 6.45) is 2.87. The Morgan fingerprint density at radius 2 is 2.00 bits per heavy atom. The molecule has 0 aromatic heterocycles. The molecule has 1 heterocycles. The number of nitrogens with zero attached hydrogens (tertiary/aromatic N) is 1. The molecule has 2 nitrogen and oxygen atoms in total. The Balaban J connectivity index is 2.03. The van der Waals surface area contributed by atoms with Crippen molar-refractivity contribution in [2.45, 2.75) is 18.9 Å². The van der Waals surface area contributed by atoms with E-state index >= 15 is 0 Å². The third kappa shape index (κ3) is 1.18. The van der Waals surface area contributed by atoms with Crippen molar-refractivity contribution in [2.24, 2.45) is 11.8 Å². The second-order valence-corrected chi connectivity index (χ2v) is 4.19. The van der Waals surface area contributed by atoms with Gasteiger partial charge in [-0.25, -0.2) is 0 Å². The van der Waals surface area contributed by atoms with Crippen molar-refractivity contribution in [2.75, 3.05) is 27.2 Å². The molecule has 11 heavy (non-hydrogen) atoms. The summed E-state index contributed by atoms with van der Waals surface area (Å²) in [6.45, 7) is 2.53. The molecule has 2 rings (SSSR count). The van der Waals surface area contributed by atoms with E-state index in [4.69, 9.17) is 0 Å². The van der Waals surface area contributed by atoms with E-state index in [9.17, 15) is 0 Å². The van der Waals surface area contributed by atoms with Crippen LogP contribution in [0.5, 0.6) is 0 Å². The van der Waals surface area contributed by atoms with Crippen LogP contribution in [-0.4, -0.2) is 38.1 Å². The van der Waals surface area contributed by atoms with Crippen LogP contribution in [0.25, 0.3) is 0 Å². The molecular formula is C9H18N2. The monoisotopic (exact) mass is 154 g/mol. The lowest BCUT2D eigenvalue weighted by atomic mass is 9.97. The molecule has 1 aliphatic heterocycles. The lowest BCUT2D eigenvalue weighted by Gasteiger charge is -2.24. The van der Waals surface area contributed by atoms with E-state index in [1.54, 1.807) is 0 Å². The Labute approximate surface area is 69.0 Å². The summed E-state index contributed by atoms with van der Waals surface area (Å²) >= 11 is 0. The van der Waals surface area contributed by atoms with Gasteiger partial charge in [0, 0.05) is 6.04 Å². The molecule has 64 valence electrons. The molecule has 0 spiro atoms. The molecule has 0 aromatic rings. The number of nitrogens with one attached hydrogen (secondary N) is 1. The fraction of sp³-hybridized carbons (Fsp3) is 1.00. The Morgan fingerprint density at radius 1 is 1.18 bits per heavy atom. The Hall–Kier alpha value is -0.0800. The van der Waals surface area contributed by atoms with E-state index < -0.39 is 0 Å². The van der Waals surface area contributed by atoms with Crippen LogP contribution in [0.1, 0.15) is 12.8 Å². The molecule has 1 N–H and O–H groups in total. The molecule has 0 amide bonds. The maximum absolute atomic E-state index is 3.48. The van der Waals surface area contributed by atoms with E-state index in [0.717, 1.165) is 17.9 Å². The minimum atomic E-state index is 0.856. The predicted molar refractivity (Wildman–Crippen MR) is 46.6 cm³/mol. The highest BCUT2D eigenvalue weighted by molar-refractivity contribution is 4.95. The Morgan fingerprint density at radius 3 is 2.73 bits per heavy atom. The first-order chi connectivity index (χ1) is 5.29.